The van der Waals surface area contributed by atoms with Crippen LogP contribution >= 0.6 is 23.4 Å². The Morgan fingerprint density at radius 3 is 2.53 bits per heavy atom. The number of halogens is 1. The van der Waals surface area contributed by atoms with Gasteiger partial charge >= 0.3 is 0 Å². The average Bonchev–Trinajstić information content (AvgIpc) is 3.03. The summed E-state index contributed by atoms with van der Waals surface area (Å²) >= 11 is 6.75. The fraction of sp³-hybridized carbons (Fsp3) is 0.393. The monoisotopic (exact) mass is 525 g/mol. The van der Waals surface area contributed by atoms with Crippen LogP contribution in [-0.2, 0) is 9.59 Å². The van der Waals surface area contributed by atoms with Gasteiger partial charge < -0.3 is 10.2 Å². The molecule has 36 heavy (non-hydrogen) atoms. The molecule has 1 atom stereocenters. The molecule has 2 aliphatic rings. The summed E-state index contributed by atoms with van der Waals surface area (Å²) in [7, 11) is 0. The second kappa shape index (κ2) is 9.94. The third kappa shape index (κ3) is 5.18. The van der Waals surface area contributed by atoms with Gasteiger partial charge in [-0.15, -0.1) is 0 Å². The van der Waals surface area contributed by atoms with Gasteiger partial charge in [-0.1, -0.05) is 18.5 Å². The summed E-state index contributed by atoms with van der Waals surface area (Å²) in [6, 6.07) is 11.3. The van der Waals surface area contributed by atoms with Crippen LogP contribution in [0.4, 0.5) is 16.2 Å². The first-order valence-electron chi connectivity index (χ1n) is 12.1. The maximum Gasteiger partial charge on any atom is 0.294 e. The smallest absolute Gasteiger partial charge is 0.294 e. The molecular weight excluding hydrogens is 494 g/mol. The van der Waals surface area contributed by atoms with Gasteiger partial charge in [-0.25, -0.2) is 0 Å². The molecule has 1 N–H and O–H groups in total. The molecule has 1 saturated heterocycles. The van der Waals surface area contributed by atoms with Crippen LogP contribution in [0.25, 0.3) is 6.08 Å². The number of hydrogen-bond donors (Lipinski definition) is 1. The predicted octanol–water partition coefficient (Wildman–Crippen LogP) is 6.82. The van der Waals surface area contributed by atoms with Crippen LogP contribution in [-0.4, -0.2) is 40.1 Å². The van der Waals surface area contributed by atoms with E-state index in [1.807, 2.05) is 6.92 Å². The zero-order valence-corrected chi connectivity index (χ0v) is 23.1. The Hall–Kier alpha value is -2.77. The lowest BCUT2D eigenvalue weighted by molar-refractivity contribution is -0.127. The van der Waals surface area contributed by atoms with Crippen LogP contribution in [0.5, 0.6) is 0 Å². The normalized spacial score (nSPS) is 20.3. The molecule has 1 unspecified atom stereocenters. The highest BCUT2D eigenvalue weighted by Crippen LogP contribution is 2.46. The summed E-state index contributed by atoms with van der Waals surface area (Å²) < 4.78 is 0. The third-order valence-corrected chi connectivity index (χ3v) is 7.93. The Labute approximate surface area is 222 Å². The highest BCUT2D eigenvalue weighted by atomic mass is 35.5. The molecule has 6 nitrogen and oxygen atoms in total. The van der Waals surface area contributed by atoms with Gasteiger partial charge in [0.25, 0.3) is 11.1 Å². The Morgan fingerprint density at radius 2 is 1.89 bits per heavy atom. The molecule has 0 saturated carbocycles. The van der Waals surface area contributed by atoms with Gasteiger partial charge in [-0.05, 0) is 118 Å². The largest absolute Gasteiger partial charge is 0.364 e. The quantitative estimate of drug-likeness (QED) is 0.433. The Morgan fingerprint density at radius 1 is 1.22 bits per heavy atom. The number of fused-ring (bicyclic) bond motifs is 1. The van der Waals surface area contributed by atoms with Crippen LogP contribution < -0.4 is 10.2 Å². The number of nitrogens with one attached hydrogen (secondary N) is 1. The molecular formula is C28H32ClN3O3S. The summed E-state index contributed by atoms with van der Waals surface area (Å²) in [6.45, 7) is 12.9. The zero-order valence-electron chi connectivity index (χ0n) is 21.5. The van der Waals surface area contributed by atoms with E-state index in [4.69, 9.17) is 11.6 Å². The van der Waals surface area contributed by atoms with Crippen molar-refractivity contribution in [2.75, 3.05) is 16.8 Å². The average molecular weight is 526 g/mol. The lowest BCUT2D eigenvalue weighted by atomic mass is 9.78. The van der Waals surface area contributed by atoms with E-state index in [1.165, 1.54) is 11.3 Å². The van der Waals surface area contributed by atoms with Crippen LogP contribution in [0, 0.1) is 6.92 Å². The van der Waals surface area contributed by atoms with E-state index >= 15 is 0 Å². The highest BCUT2D eigenvalue weighted by Gasteiger charge is 2.39. The summed E-state index contributed by atoms with van der Waals surface area (Å²) in [5.74, 6) is -0.535. The lowest BCUT2D eigenvalue weighted by Gasteiger charge is -2.50. The number of benzene rings is 2. The van der Waals surface area contributed by atoms with Crippen molar-refractivity contribution < 1.29 is 14.4 Å². The van der Waals surface area contributed by atoms with Gasteiger partial charge in [0.1, 0.15) is 6.54 Å². The highest BCUT2D eigenvalue weighted by molar-refractivity contribution is 8.18. The molecule has 2 aliphatic heterocycles. The third-order valence-electron chi connectivity index (χ3n) is 6.77. The fourth-order valence-electron chi connectivity index (χ4n) is 5.40. The Balaban J connectivity index is 1.56. The van der Waals surface area contributed by atoms with Crippen molar-refractivity contribution in [2.24, 2.45) is 0 Å². The van der Waals surface area contributed by atoms with Crippen molar-refractivity contribution in [2.45, 2.75) is 65.5 Å². The standard InChI is InChI=1S/C28H32ClN3O3S/c1-16(2)32-23-11-17(3)19(12-22(23)18(4)14-28(32,5)6)13-24-26(34)31(27(35)36-24)15-25(33)30-21-9-7-20(29)8-10-21/h7-13,16,18H,14-15H2,1-6H3,(H,30,33)/b24-13-. The summed E-state index contributed by atoms with van der Waals surface area (Å²) in [5.41, 5.74) is 5.03. The van der Waals surface area contributed by atoms with Crippen LogP contribution in [0.3, 0.4) is 0 Å². The van der Waals surface area contributed by atoms with Crippen molar-refractivity contribution in [3.05, 3.63) is 63.0 Å². The van der Waals surface area contributed by atoms with Crippen LogP contribution in [0.15, 0.2) is 41.3 Å². The number of imide groups is 1. The van der Waals surface area contributed by atoms with Crippen molar-refractivity contribution in [1.82, 2.24) is 4.90 Å². The number of nitrogens with zero attached hydrogens (tertiary/aromatic N) is 2. The maximum absolute atomic E-state index is 13.1. The number of anilines is 2. The van der Waals surface area contributed by atoms with Gasteiger partial charge in [-0.2, -0.15) is 0 Å². The van der Waals surface area contributed by atoms with Crippen molar-refractivity contribution in [1.29, 1.82) is 0 Å². The number of thioether (sulfide) groups is 1. The number of aryl methyl sites for hydroxylation is 1. The van der Waals surface area contributed by atoms with Crippen LogP contribution in [0.1, 0.15) is 63.6 Å². The first-order chi connectivity index (χ1) is 16.9. The molecule has 2 aromatic carbocycles. The fourth-order valence-corrected chi connectivity index (χ4v) is 6.36. The Bertz CT molecular complexity index is 1250. The van der Waals surface area contributed by atoms with Gasteiger partial charge in [0.05, 0.1) is 4.91 Å². The van der Waals surface area contributed by atoms with E-state index in [2.05, 4.69) is 57.0 Å². The van der Waals surface area contributed by atoms with Crippen molar-refractivity contribution in [3.63, 3.8) is 0 Å². The van der Waals surface area contributed by atoms with Gasteiger partial charge in [0.2, 0.25) is 5.91 Å². The molecule has 8 heteroatoms. The molecule has 0 spiro atoms. The first kappa shape index (κ1) is 26.3. The van der Waals surface area contributed by atoms with E-state index in [0.29, 0.717) is 27.6 Å². The number of carbonyl (C=O) groups is 3. The predicted molar refractivity (Wildman–Crippen MR) is 149 cm³/mol. The maximum atomic E-state index is 13.1. The summed E-state index contributed by atoms with van der Waals surface area (Å²) in [4.78, 5) is 41.9. The number of hydrogen-bond acceptors (Lipinski definition) is 5. The molecule has 0 aromatic heterocycles. The van der Waals surface area contributed by atoms with Crippen molar-refractivity contribution >= 4 is 57.9 Å². The molecule has 2 aromatic rings. The van der Waals surface area contributed by atoms with Gasteiger partial charge in [0.15, 0.2) is 0 Å². The summed E-state index contributed by atoms with van der Waals surface area (Å²) in [6.07, 6.45) is 2.81. The topological polar surface area (TPSA) is 69.7 Å². The van der Waals surface area contributed by atoms with E-state index in [1.54, 1.807) is 30.3 Å². The molecule has 1 fully saturated rings. The second-order valence-electron chi connectivity index (χ2n) is 10.5. The number of rotatable bonds is 5. The number of carbonyl (C=O) groups excluding carboxylic acids is 3. The van der Waals surface area contributed by atoms with Crippen LogP contribution in [0.2, 0.25) is 5.02 Å². The zero-order chi connectivity index (χ0) is 26.4. The summed E-state index contributed by atoms with van der Waals surface area (Å²) in [5, 5.41) is 2.80. The van der Waals surface area contributed by atoms with Gasteiger partial charge in [-0.3, -0.25) is 19.3 Å². The molecule has 190 valence electrons. The van der Waals surface area contributed by atoms with Crippen molar-refractivity contribution in [3.8, 4) is 0 Å². The molecule has 2 heterocycles. The molecule has 0 radical (unpaired) electrons. The minimum absolute atomic E-state index is 0.0454. The van der Waals surface area contributed by atoms with E-state index in [0.717, 1.165) is 34.2 Å². The molecule has 4 rings (SSSR count). The molecule has 0 aliphatic carbocycles. The minimum atomic E-state index is -0.452. The number of amides is 3. The molecule has 3 amide bonds. The lowest BCUT2D eigenvalue weighted by Crippen LogP contribution is -2.51. The van der Waals surface area contributed by atoms with E-state index < -0.39 is 17.1 Å². The van der Waals surface area contributed by atoms with E-state index in [-0.39, 0.29) is 12.1 Å². The first-order valence-corrected chi connectivity index (χ1v) is 13.3. The minimum Gasteiger partial charge on any atom is -0.364 e. The SMILES string of the molecule is Cc1cc2c(cc1/C=C1\SC(=O)N(CC(=O)Nc3ccc(Cl)cc3)C1=O)C(C)CC(C)(C)N2C(C)C. The van der Waals surface area contributed by atoms with Gasteiger partial charge in [0, 0.05) is 28.0 Å². The Kier molecular flexibility index (Phi) is 7.26. The van der Waals surface area contributed by atoms with E-state index in [9.17, 15) is 14.4 Å². The second-order valence-corrected chi connectivity index (χ2v) is 11.9. The molecule has 0 bridgehead atoms.